The molecule has 1 unspecified atom stereocenters. The number of amides is 1. The van der Waals surface area contributed by atoms with Crippen molar-refractivity contribution in [3.05, 3.63) is 28.5 Å². The maximum Gasteiger partial charge on any atom is 0.244 e. The number of carbonyl (C=O) groups is 1. The highest BCUT2D eigenvalue weighted by Gasteiger charge is 2.39. The van der Waals surface area contributed by atoms with Crippen LogP contribution in [0, 0.1) is 5.82 Å². The average Bonchev–Trinajstić information content (AvgIpc) is 2.84. The minimum atomic E-state index is -0.547. The quantitative estimate of drug-likeness (QED) is 0.900. The van der Waals surface area contributed by atoms with Crippen LogP contribution in [0.4, 0.5) is 10.1 Å². The lowest BCUT2D eigenvalue weighted by Gasteiger charge is -2.26. The van der Waals surface area contributed by atoms with E-state index in [1.807, 2.05) is 6.92 Å². The van der Waals surface area contributed by atoms with E-state index in [1.165, 1.54) is 6.07 Å². The number of halogens is 2. The number of anilines is 1. The van der Waals surface area contributed by atoms with Crippen molar-refractivity contribution < 1.29 is 9.18 Å². The maximum absolute atomic E-state index is 13.6. The second-order valence-corrected chi connectivity index (χ2v) is 5.46. The fourth-order valence-corrected chi connectivity index (χ4v) is 2.66. The van der Waals surface area contributed by atoms with Crippen molar-refractivity contribution in [2.75, 3.05) is 11.9 Å². The Hall–Kier alpha value is -0.940. The normalized spacial score (nSPS) is 23.1. The van der Waals surface area contributed by atoms with Gasteiger partial charge in [0.1, 0.15) is 5.82 Å². The molecule has 1 saturated heterocycles. The van der Waals surface area contributed by atoms with Crippen LogP contribution in [0.25, 0.3) is 0 Å². The zero-order chi connectivity index (χ0) is 13.2. The minimum absolute atomic E-state index is 0.153. The second kappa shape index (κ2) is 5.36. The summed E-state index contributed by atoms with van der Waals surface area (Å²) in [6, 6.07) is 4.51. The number of benzene rings is 1. The Labute approximate surface area is 114 Å². The smallest absolute Gasteiger partial charge is 0.244 e. The van der Waals surface area contributed by atoms with Crippen LogP contribution in [0.3, 0.4) is 0 Å². The topological polar surface area (TPSA) is 41.1 Å². The highest BCUT2D eigenvalue weighted by Crippen LogP contribution is 2.26. The Morgan fingerprint density at radius 1 is 1.61 bits per heavy atom. The van der Waals surface area contributed by atoms with E-state index in [0.717, 1.165) is 23.9 Å². The summed E-state index contributed by atoms with van der Waals surface area (Å²) in [7, 11) is 0. The Kier molecular flexibility index (Phi) is 4.02. The van der Waals surface area contributed by atoms with Crippen molar-refractivity contribution in [3.8, 4) is 0 Å². The van der Waals surface area contributed by atoms with Crippen LogP contribution < -0.4 is 10.6 Å². The van der Waals surface area contributed by atoms with Gasteiger partial charge in [-0.15, -0.1) is 0 Å². The first kappa shape index (κ1) is 13.5. The van der Waals surface area contributed by atoms with E-state index in [0.29, 0.717) is 6.42 Å². The molecular formula is C13H16BrFN2O. The van der Waals surface area contributed by atoms with E-state index in [4.69, 9.17) is 0 Å². The molecule has 1 aliphatic heterocycles. The van der Waals surface area contributed by atoms with Gasteiger partial charge in [-0.25, -0.2) is 4.39 Å². The summed E-state index contributed by atoms with van der Waals surface area (Å²) in [5.74, 6) is -0.574. The molecule has 2 rings (SSSR count). The molecule has 18 heavy (non-hydrogen) atoms. The lowest BCUT2D eigenvalue weighted by Crippen LogP contribution is -2.50. The number of carbonyl (C=O) groups excluding carboxylic acids is 1. The summed E-state index contributed by atoms with van der Waals surface area (Å²) in [5.41, 5.74) is -0.328. The van der Waals surface area contributed by atoms with Gasteiger partial charge in [0.15, 0.2) is 0 Å². The van der Waals surface area contributed by atoms with Gasteiger partial charge in [-0.05, 0) is 44.0 Å². The number of hydrogen-bond donors (Lipinski definition) is 2. The lowest BCUT2D eigenvalue weighted by atomic mass is 9.93. The Bertz CT molecular complexity index is 458. The molecule has 3 nitrogen and oxygen atoms in total. The highest BCUT2D eigenvalue weighted by atomic mass is 79.9. The predicted molar refractivity (Wildman–Crippen MR) is 73.0 cm³/mol. The van der Waals surface area contributed by atoms with Crippen molar-refractivity contribution in [2.24, 2.45) is 0 Å². The number of hydrogen-bond acceptors (Lipinski definition) is 2. The first-order valence-electron chi connectivity index (χ1n) is 6.09. The van der Waals surface area contributed by atoms with E-state index >= 15 is 0 Å². The monoisotopic (exact) mass is 314 g/mol. The van der Waals surface area contributed by atoms with Crippen LogP contribution in [0.1, 0.15) is 26.2 Å². The molecule has 0 spiro atoms. The predicted octanol–water partition coefficient (Wildman–Crippen LogP) is 3.06. The largest absolute Gasteiger partial charge is 0.322 e. The molecule has 2 N–H and O–H groups in total. The third kappa shape index (κ3) is 2.57. The van der Waals surface area contributed by atoms with Crippen molar-refractivity contribution in [2.45, 2.75) is 31.7 Å². The van der Waals surface area contributed by atoms with Crippen LogP contribution >= 0.6 is 15.9 Å². The molecule has 1 heterocycles. The third-order valence-corrected chi connectivity index (χ3v) is 3.95. The maximum atomic E-state index is 13.6. The molecule has 98 valence electrons. The fourth-order valence-electron chi connectivity index (χ4n) is 2.30. The van der Waals surface area contributed by atoms with Gasteiger partial charge in [0.2, 0.25) is 5.91 Å². The van der Waals surface area contributed by atoms with Gasteiger partial charge < -0.3 is 10.6 Å². The van der Waals surface area contributed by atoms with Gasteiger partial charge in [-0.2, -0.15) is 0 Å². The van der Waals surface area contributed by atoms with Crippen LogP contribution in [0.5, 0.6) is 0 Å². The molecule has 0 bridgehead atoms. The van der Waals surface area contributed by atoms with Crippen LogP contribution in [-0.4, -0.2) is 18.0 Å². The van der Waals surface area contributed by atoms with E-state index in [1.54, 1.807) is 12.1 Å². The third-order valence-electron chi connectivity index (χ3n) is 3.46. The molecule has 0 aromatic heterocycles. The zero-order valence-electron chi connectivity index (χ0n) is 10.2. The Balaban J connectivity index is 2.18. The van der Waals surface area contributed by atoms with Gasteiger partial charge in [-0.1, -0.05) is 22.9 Å². The van der Waals surface area contributed by atoms with Crippen molar-refractivity contribution in [3.63, 3.8) is 0 Å². The minimum Gasteiger partial charge on any atom is -0.322 e. The van der Waals surface area contributed by atoms with Crippen molar-refractivity contribution >= 4 is 27.5 Å². The number of rotatable bonds is 3. The Morgan fingerprint density at radius 2 is 2.39 bits per heavy atom. The molecular weight excluding hydrogens is 299 g/mol. The lowest BCUT2D eigenvalue weighted by molar-refractivity contribution is -0.122. The molecule has 1 fully saturated rings. The van der Waals surface area contributed by atoms with Crippen LogP contribution in [0.15, 0.2) is 22.7 Å². The molecule has 1 aromatic rings. The molecule has 0 aliphatic carbocycles. The van der Waals surface area contributed by atoms with Gasteiger partial charge in [-0.3, -0.25) is 4.79 Å². The molecule has 5 heteroatoms. The molecule has 0 radical (unpaired) electrons. The van der Waals surface area contributed by atoms with E-state index < -0.39 is 11.4 Å². The Morgan fingerprint density at radius 3 is 3.00 bits per heavy atom. The van der Waals surface area contributed by atoms with Crippen LogP contribution in [-0.2, 0) is 4.79 Å². The first-order valence-corrected chi connectivity index (χ1v) is 6.88. The summed E-state index contributed by atoms with van der Waals surface area (Å²) >= 11 is 3.27. The summed E-state index contributed by atoms with van der Waals surface area (Å²) in [5, 5.41) is 5.91. The van der Waals surface area contributed by atoms with Crippen molar-refractivity contribution in [1.29, 1.82) is 0 Å². The fraction of sp³-hybridized carbons (Fsp3) is 0.462. The molecule has 1 aliphatic rings. The van der Waals surface area contributed by atoms with Crippen LogP contribution in [0.2, 0.25) is 0 Å². The number of nitrogens with one attached hydrogen (secondary N) is 2. The second-order valence-electron chi connectivity index (χ2n) is 4.54. The van der Waals surface area contributed by atoms with E-state index in [9.17, 15) is 9.18 Å². The summed E-state index contributed by atoms with van der Waals surface area (Å²) in [4.78, 5) is 12.3. The summed E-state index contributed by atoms with van der Waals surface area (Å²) < 4.78 is 14.3. The summed E-state index contributed by atoms with van der Waals surface area (Å²) in [6.45, 7) is 2.80. The van der Waals surface area contributed by atoms with Gasteiger partial charge in [0.25, 0.3) is 0 Å². The molecule has 1 atom stereocenters. The van der Waals surface area contributed by atoms with Gasteiger partial charge in [0.05, 0.1) is 11.2 Å². The molecule has 1 aromatic carbocycles. The molecule has 0 saturated carbocycles. The standard InChI is InChI=1S/C13H16BrFN2O/c1-2-13(6-3-7-16-13)12(18)17-11-8-9(14)4-5-10(11)15/h4-5,8,16H,2-3,6-7H2,1H3,(H,17,18). The van der Waals surface area contributed by atoms with E-state index in [-0.39, 0.29) is 11.6 Å². The summed E-state index contributed by atoms with van der Waals surface area (Å²) in [6.07, 6.45) is 2.47. The zero-order valence-corrected chi connectivity index (χ0v) is 11.8. The molecule has 1 amide bonds. The van der Waals surface area contributed by atoms with Gasteiger partial charge in [0, 0.05) is 4.47 Å². The van der Waals surface area contributed by atoms with Crippen molar-refractivity contribution in [1.82, 2.24) is 5.32 Å². The van der Waals surface area contributed by atoms with E-state index in [2.05, 4.69) is 26.6 Å². The van der Waals surface area contributed by atoms with Gasteiger partial charge >= 0.3 is 0 Å². The SMILES string of the molecule is CCC1(C(=O)Nc2cc(Br)ccc2F)CCCN1. The highest BCUT2D eigenvalue weighted by molar-refractivity contribution is 9.10. The first-order chi connectivity index (χ1) is 8.57. The average molecular weight is 315 g/mol.